The zero-order chi connectivity index (χ0) is 14.9. The van der Waals surface area contributed by atoms with E-state index >= 15 is 0 Å². The first-order valence-corrected chi connectivity index (χ1v) is 8.80. The highest BCUT2D eigenvalue weighted by Gasteiger charge is 2.22. The van der Waals surface area contributed by atoms with Gasteiger partial charge in [-0.1, -0.05) is 19.3 Å². The Balaban J connectivity index is 0.000000194. The number of nitrogens with one attached hydrogen (secondary N) is 1. The molecule has 1 aliphatic carbocycles. The molecule has 1 saturated carbocycles. The van der Waals surface area contributed by atoms with Crippen molar-refractivity contribution in [2.45, 2.75) is 70.6 Å². The van der Waals surface area contributed by atoms with E-state index in [-0.39, 0.29) is 5.91 Å². The first kappa shape index (κ1) is 16.3. The second-order valence-electron chi connectivity index (χ2n) is 6.61. The summed E-state index contributed by atoms with van der Waals surface area (Å²) in [5, 5.41) is 2.74. The van der Waals surface area contributed by atoms with E-state index in [2.05, 4.69) is 10.2 Å². The highest BCUT2D eigenvalue weighted by Crippen LogP contribution is 2.25. The summed E-state index contributed by atoms with van der Waals surface area (Å²) in [5.41, 5.74) is 0. The number of carbonyl (C=O) groups is 2. The maximum atomic E-state index is 11.6. The van der Waals surface area contributed by atoms with Crippen LogP contribution in [-0.4, -0.2) is 36.3 Å². The van der Waals surface area contributed by atoms with E-state index in [9.17, 15) is 9.59 Å². The minimum atomic E-state index is 0.214. The lowest BCUT2D eigenvalue weighted by Crippen LogP contribution is -2.39. The van der Waals surface area contributed by atoms with E-state index in [0.29, 0.717) is 5.91 Å². The molecule has 21 heavy (non-hydrogen) atoms. The van der Waals surface area contributed by atoms with Crippen LogP contribution in [0.15, 0.2) is 0 Å². The summed E-state index contributed by atoms with van der Waals surface area (Å²) in [4.78, 5) is 24.1. The van der Waals surface area contributed by atoms with E-state index in [0.717, 1.165) is 57.7 Å². The number of carbonyl (C=O) groups excluding carboxylic acids is 2. The van der Waals surface area contributed by atoms with Crippen LogP contribution in [0.2, 0.25) is 0 Å². The lowest BCUT2D eigenvalue weighted by atomic mass is 9.88. The van der Waals surface area contributed by atoms with Crippen LogP contribution in [0, 0.1) is 5.92 Å². The molecule has 2 aliphatic heterocycles. The van der Waals surface area contributed by atoms with Crippen LogP contribution < -0.4 is 5.32 Å². The van der Waals surface area contributed by atoms with Gasteiger partial charge >= 0.3 is 0 Å². The number of hydrogen-bond acceptors (Lipinski definition) is 2. The van der Waals surface area contributed by atoms with Crippen molar-refractivity contribution in [1.82, 2.24) is 10.2 Å². The maximum absolute atomic E-state index is 11.6. The monoisotopic (exact) mass is 294 g/mol. The van der Waals surface area contributed by atoms with Gasteiger partial charge in [-0.3, -0.25) is 9.59 Å². The molecule has 3 fully saturated rings. The first-order chi connectivity index (χ1) is 10.3. The smallest absolute Gasteiger partial charge is 0.222 e. The normalized spacial score (nSPS) is 24.1. The molecule has 2 heterocycles. The quantitative estimate of drug-likeness (QED) is 0.851. The summed E-state index contributed by atoms with van der Waals surface area (Å²) in [5.74, 6) is 1.43. The van der Waals surface area contributed by atoms with Crippen molar-refractivity contribution in [1.29, 1.82) is 0 Å². The van der Waals surface area contributed by atoms with Gasteiger partial charge in [0.1, 0.15) is 0 Å². The average Bonchev–Trinajstić information content (AvgIpc) is 2.52. The van der Waals surface area contributed by atoms with Crippen molar-refractivity contribution < 1.29 is 9.59 Å². The van der Waals surface area contributed by atoms with Gasteiger partial charge in [0.15, 0.2) is 0 Å². The molecule has 0 radical (unpaired) electrons. The summed E-state index contributed by atoms with van der Waals surface area (Å²) in [6.45, 7) is 2.97. The molecule has 0 aromatic heterocycles. The van der Waals surface area contributed by atoms with Crippen molar-refractivity contribution in [3.63, 3.8) is 0 Å². The minimum Gasteiger partial charge on any atom is -0.356 e. The second kappa shape index (κ2) is 9.06. The Bertz CT molecular complexity index is 330. The summed E-state index contributed by atoms with van der Waals surface area (Å²) in [6, 6.07) is 0. The Labute approximate surface area is 128 Å². The number of piperidine rings is 2. The molecule has 0 atom stereocenters. The molecule has 1 N–H and O–H groups in total. The van der Waals surface area contributed by atoms with Gasteiger partial charge in [0.2, 0.25) is 11.8 Å². The van der Waals surface area contributed by atoms with Crippen LogP contribution in [0.5, 0.6) is 0 Å². The Morgan fingerprint density at radius 1 is 0.905 bits per heavy atom. The molecule has 0 bridgehead atoms. The third-order valence-electron chi connectivity index (χ3n) is 4.78. The van der Waals surface area contributed by atoms with Gasteiger partial charge in [-0.25, -0.2) is 0 Å². The predicted molar refractivity (Wildman–Crippen MR) is 83.9 cm³/mol. The van der Waals surface area contributed by atoms with Crippen LogP contribution in [0.4, 0.5) is 0 Å². The van der Waals surface area contributed by atoms with Gasteiger partial charge in [0.25, 0.3) is 0 Å². The van der Waals surface area contributed by atoms with Crippen LogP contribution in [0.25, 0.3) is 0 Å². The molecule has 0 aromatic carbocycles. The first-order valence-electron chi connectivity index (χ1n) is 8.80. The topological polar surface area (TPSA) is 49.4 Å². The lowest BCUT2D eigenvalue weighted by molar-refractivity contribution is -0.134. The van der Waals surface area contributed by atoms with Gasteiger partial charge in [-0.15, -0.1) is 0 Å². The van der Waals surface area contributed by atoms with Crippen LogP contribution in [-0.2, 0) is 9.59 Å². The zero-order valence-electron chi connectivity index (χ0n) is 13.2. The van der Waals surface area contributed by atoms with E-state index in [4.69, 9.17) is 0 Å². The fraction of sp³-hybridized carbons (Fsp3) is 0.882. The van der Waals surface area contributed by atoms with Crippen molar-refractivity contribution >= 4 is 11.8 Å². The van der Waals surface area contributed by atoms with Crippen molar-refractivity contribution in [2.24, 2.45) is 5.92 Å². The number of likely N-dealkylation sites (tertiary alicyclic amines) is 1. The molecule has 0 unspecified atom stereocenters. The van der Waals surface area contributed by atoms with Crippen LogP contribution in [0.1, 0.15) is 70.6 Å². The predicted octanol–water partition coefficient (Wildman–Crippen LogP) is 2.87. The molecule has 4 heteroatoms. The largest absolute Gasteiger partial charge is 0.356 e. The molecular formula is C17H30N2O2. The van der Waals surface area contributed by atoms with Crippen molar-refractivity contribution in [3.05, 3.63) is 0 Å². The van der Waals surface area contributed by atoms with Gasteiger partial charge in [0.05, 0.1) is 0 Å². The van der Waals surface area contributed by atoms with Gasteiger partial charge in [0, 0.05) is 32.5 Å². The van der Waals surface area contributed by atoms with Crippen molar-refractivity contribution in [2.75, 3.05) is 19.6 Å². The van der Waals surface area contributed by atoms with E-state index < -0.39 is 0 Å². The van der Waals surface area contributed by atoms with Gasteiger partial charge < -0.3 is 10.2 Å². The summed E-state index contributed by atoms with van der Waals surface area (Å²) in [6.07, 6.45) is 13.0. The summed E-state index contributed by atoms with van der Waals surface area (Å²) in [7, 11) is 0. The molecule has 4 nitrogen and oxygen atoms in total. The molecule has 2 saturated heterocycles. The third-order valence-corrected chi connectivity index (χ3v) is 4.78. The number of nitrogens with zero attached hydrogens (tertiary/aromatic N) is 1. The maximum Gasteiger partial charge on any atom is 0.222 e. The Morgan fingerprint density at radius 2 is 1.67 bits per heavy atom. The summed E-state index contributed by atoms with van der Waals surface area (Å²) < 4.78 is 0. The highest BCUT2D eigenvalue weighted by molar-refractivity contribution is 5.77. The highest BCUT2D eigenvalue weighted by atomic mass is 16.2. The second-order valence-corrected chi connectivity index (χ2v) is 6.61. The molecule has 2 amide bonds. The molecule has 3 aliphatic rings. The van der Waals surface area contributed by atoms with E-state index in [1.54, 1.807) is 0 Å². The molecule has 3 rings (SSSR count). The summed E-state index contributed by atoms with van der Waals surface area (Å²) >= 11 is 0. The molecule has 0 aromatic rings. The zero-order valence-corrected chi connectivity index (χ0v) is 13.2. The van der Waals surface area contributed by atoms with Crippen molar-refractivity contribution in [3.8, 4) is 0 Å². The van der Waals surface area contributed by atoms with Crippen LogP contribution in [0.3, 0.4) is 0 Å². The number of rotatable bonds is 2. The number of hydrogen-bond donors (Lipinski definition) is 1. The Kier molecular flexibility index (Phi) is 7.04. The SMILES string of the molecule is O=C1CCCCN1.O=C1CCCCN1CC1CCCCC1. The number of amides is 2. The van der Waals surface area contributed by atoms with E-state index in [1.807, 2.05) is 0 Å². The van der Waals surface area contributed by atoms with Crippen LogP contribution >= 0.6 is 0 Å². The molecule has 120 valence electrons. The third kappa shape index (κ3) is 6.06. The standard InChI is InChI=1S/C12H21NO.C5H9NO/c14-12-8-4-5-9-13(12)10-11-6-2-1-3-7-11;7-5-3-1-2-4-6-5/h11H,1-10H2;1-4H2,(H,6,7). The Morgan fingerprint density at radius 3 is 2.24 bits per heavy atom. The van der Waals surface area contributed by atoms with E-state index in [1.165, 1.54) is 38.5 Å². The van der Waals surface area contributed by atoms with Gasteiger partial charge in [-0.2, -0.15) is 0 Å². The fourth-order valence-electron chi connectivity index (χ4n) is 3.46. The Hall–Kier alpha value is -1.06. The fourth-order valence-corrected chi connectivity index (χ4v) is 3.46. The van der Waals surface area contributed by atoms with Gasteiger partial charge in [-0.05, 0) is 44.4 Å². The minimum absolute atomic E-state index is 0.214. The lowest BCUT2D eigenvalue weighted by Gasteiger charge is -2.32. The molecular weight excluding hydrogens is 264 g/mol. The average molecular weight is 294 g/mol. The molecule has 0 spiro atoms.